The Morgan fingerprint density at radius 2 is 1.96 bits per heavy atom. The third-order valence-corrected chi connectivity index (χ3v) is 4.00. The molecule has 1 aliphatic heterocycles. The van der Waals surface area contributed by atoms with Crippen molar-refractivity contribution in [3.05, 3.63) is 47.8 Å². The first-order valence-electron chi connectivity index (χ1n) is 8.08. The molecule has 1 N–H and O–H groups in total. The van der Waals surface area contributed by atoms with Gasteiger partial charge in [-0.25, -0.2) is 0 Å². The van der Waals surface area contributed by atoms with Gasteiger partial charge in [0.25, 0.3) is 5.91 Å². The second-order valence-electron chi connectivity index (χ2n) is 5.47. The van der Waals surface area contributed by atoms with E-state index >= 15 is 0 Å². The predicted octanol–water partition coefficient (Wildman–Crippen LogP) is 2.59. The van der Waals surface area contributed by atoms with Gasteiger partial charge >= 0.3 is 0 Å². The Balaban J connectivity index is 1.66. The summed E-state index contributed by atoms with van der Waals surface area (Å²) in [6.07, 6.45) is 3.36. The minimum atomic E-state index is -0.144. The molecule has 3 rings (SSSR count). The zero-order chi connectivity index (χ0) is 16.9. The molecule has 0 bridgehead atoms. The lowest BCUT2D eigenvalue weighted by molar-refractivity contribution is 0.0950. The fourth-order valence-corrected chi connectivity index (χ4v) is 2.65. The highest BCUT2D eigenvalue weighted by molar-refractivity contribution is 5.94. The van der Waals surface area contributed by atoms with Crippen molar-refractivity contribution in [1.29, 1.82) is 0 Å². The summed E-state index contributed by atoms with van der Waals surface area (Å²) in [5.41, 5.74) is 2.47. The monoisotopic (exact) mass is 327 g/mol. The van der Waals surface area contributed by atoms with E-state index < -0.39 is 0 Å². The second kappa shape index (κ2) is 7.21. The number of rotatable bonds is 6. The number of carbonyl (C=O) groups excluding carboxylic acids is 1. The highest BCUT2D eigenvalue weighted by atomic mass is 16.7. The number of hydrogen-bond donors (Lipinski definition) is 1. The van der Waals surface area contributed by atoms with Crippen molar-refractivity contribution in [2.75, 3.05) is 24.8 Å². The number of aromatic nitrogens is 1. The standard InChI is InChI=1S/C18H21N3O3/c1-3-21(4-2)15-8-14(10-19-11-15)18(22)20-9-13-5-6-16-17(7-13)24-12-23-16/h5-8,10-11H,3-4,9,12H2,1-2H3,(H,20,22). The van der Waals surface area contributed by atoms with Crippen LogP contribution >= 0.6 is 0 Å². The van der Waals surface area contributed by atoms with Gasteiger partial charge in [-0.1, -0.05) is 6.07 Å². The quantitative estimate of drug-likeness (QED) is 0.883. The molecule has 6 nitrogen and oxygen atoms in total. The van der Waals surface area contributed by atoms with E-state index in [1.54, 1.807) is 12.4 Å². The van der Waals surface area contributed by atoms with Crippen LogP contribution < -0.4 is 19.7 Å². The predicted molar refractivity (Wildman–Crippen MR) is 91.5 cm³/mol. The highest BCUT2D eigenvalue weighted by Gasteiger charge is 2.14. The molecule has 1 aromatic carbocycles. The first kappa shape index (κ1) is 16.1. The van der Waals surface area contributed by atoms with Crippen molar-refractivity contribution in [2.24, 2.45) is 0 Å². The molecule has 0 saturated heterocycles. The Morgan fingerprint density at radius 3 is 2.75 bits per heavy atom. The van der Waals surface area contributed by atoms with E-state index in [4.69, 9.17) is 9.47 Å². The number of carbonyl (C=O) groups is 1. The lowest BCUT2D eigenvalue weighted by Crippen LogP contribution is -2.25. The van der Waals surface area contributed by atoms with Crippen LogP contribution in [0.25, 0.3) is 0 Å². The van der Waals surface area contributed by atoms with E-state index in [1.165, 1.54) is 0 Å². The van der Waals surface area contributed by atoms with Gasteiger partial charge in [0, 0.05) is 25.8 Å². The fraction of sp³-hybridized carbons (Fsp3) is 0.333. The summed E-state index contributed by atoms with van der Waals surface area (Å²) in [4.78, 5) is 18.7. The van der Waals surface area contributed by atoms with Crippen LogP contribution in [0.5, 0.6) is 11.5 Å². The van der Waals surface area contributed by atoms with Crippen LogP contribution in [0.3, 0.4) is 0 Å². The summed E-state index contributed by atoms with van der Waals surface area (Å²) in [5.74, 6) is 1.31. The second-order valence-corrected chi connectivity index (χ2v) is 5.47. The van der Waals surface area contributed by atoms with Crippen molar-refractivity contribution >= 4 is 11.6 Å². The Morgan fingerprint density at radius 1 is 1.17 bits per heavy atom. The van der Waals surface area contributed by atoms with Crippen LogP contribution in [0.2, 0.25) is 0 Å². The zero-order valence-electron chi connectivity index (χ0n) is 13.9. The Kier molecular flexibility index (Phi) is 4.84. The number of anilines is 1. The van der Waals surface area contributed by atoms with Crippen molar-refractivity contribution in [1.82, 2.24) is 10.3 Å². The average molecular weight is 327 g/mol. The smallest absolute Gasteiger partial charge is 0.253 e. The molecule has 1 aliphatic rings. The molecule has 0 atom stereocenters. The average Bonchev–Trinajstić information content (AvgIpc) is 3.09. The van der Waals surface area contributed by atoms with Gasteiger partial charge in [0.05, 0.1) is 17.4 Å². The van der Waals surface area contributed by atoms with Gasteiger partial charge in [0.2, 0.25) is 6.79 Å². The molecule has 0 aliphatic carbocycles. The van der Waals surface area contributed by atoms with E-state index in [-0.39, 0.29) is 12.7 Å². The summed E-state index contributed by atoms with van der Waals surface area (Å²) < 4.78 is 10.6. The third kappa shape index (κ3) is 3.42. The van der Waals surface area contributed by atoms with Gasteiger partial charge in [-0.3, -0.25) is 9.78 Å². The molecule has 1 aromatic heterocycles. The number of amides is 1. The third-order valence-electron chi connectivity index (χ3n) is 4.00. The van der Waals surface area contributed by atoms with Gasteiger partial charge in [-0.15, -0.1) is 0 Å². The minimum Gasteiger partial charge on any atom is -0.454 e. The number of fused-ring (bicyclic) bond motifs is 1. The van der Waals surface area contributed by atoms with E-state index in [9.17, 15) is 4.79 Å². The Bertz CT molecular complexity index is 729. The normalized spacial score (nSPS) is 12.1. The molecule has 6 heteroatoms. The van der Waals surface area contributed by atoms with Gasteiger partial charge in [0.1, 0.15) is 0 Å². The molecule has 0 spiro atoms. The van der Waals surface area contributed by atoms with E-state index in [0.717, 1.165) is 30.1 Å². The summed E-state index contributed by atoms with van der Waals surface area (Å²) >= 11 is 0. The maximum absolute atomic E-state index is 12.4. The Labute approximate surface area is 141 Å². The van der Waals surface area contributed by atoms with Gasteiger partial charge < -0.3 is 19.7 Å². The summed E-state index contributed by atoms with van der Waals surface area (Å²) in [5, 5.41) is 2.91. The first-order valence-corrected chi connectivity index (χ1v) is 8.08. The number of hydrogen-bond acceptors (Lipinski definition) is 5. The molecule has 0 fully saturated rings. The highest BCUT2D eigenvalue weighted by Crippen LogP contribution is 2.32. The summed E-state index contributed by atoms with van der Waals surface area (Å²) in [6.45, 7) is 6.58. The molecular weight excluding hydrogens is 306 g/mol. The Hall–Kier alpha value is -2.76. The lowest BCUT2D eigenvalue weighted by Gasteiger charge is -2.20. The zero-order valence-corrected chi connectivity index (χ0v) is 13.9. The first-order chi connectivity index (χ1) is 11.7. The lowest BCUT2D eigenvalue weighted by atomic mass is 10.2. The maximum atomic E-state index is 12.4. The molecule has 0 unspecified atom stereocenters. The minimum absolute atomic E-state index is 0.144. The SMILES string of the molecule is CCN(CC)c1cncc(C(=O)NCc2ccc3c(c2)OCO3)c1. The van der Waals surface area contributed by atoms with Crippen molar-refractivity contribution in [3.63, 3.8) is 0 Å². The molecule has 0 radical (unpaired) electrons. The van der Waals surface area contributed by atoms with Crippen LogP contribution in [0.1, 0.15) is 29.8 Å². The van der Waals surface area contributed by atoms with Crippen LogP contribution in [-0.4, -0.2) is 30.8 Å². The molecule has 2 heterocycles. The number of nitrogens with one attached hydrogen (secondary N) is 1. The van der Waals surface area contributed by atoms with Crippen LogP contribution in [0.4, 0.5) is 5.69 Å². The van der Waals surface area contributed by atoms with Crippen molar-refractivity contribution in [2.45, 2.75) is 20.4 Å². The van der Waals surface area contributed by atoms with Crippen LogP contribution in [0.15, 0.2) is 36.7 Å². The fourth-order valence-electron chi connectivity index (χ4n) is 2.65. The number of benzene rings is 1. The van der Waals surface area contributed by atoms with E-state index in [1.807, 2.05) is 24.3 Å². The van der Waals surface area contributed by atoms with Crippen molar-refractivity contribution in [3.8, 4) is 11.5 Å². The van der Waals surface area contributed by atoms with Gasteiger partial charge in [0.15, 0.2) is 11.5 Å². The maximum Gasteiger partial charge on any atom is 0.253 e. The van der Waals surface area contributed by atoms with Gasteiger partial charge in [-0.05, 0) is 37.6 Å². The molecule has 0 saturated carbocycles. The number of nitrogens with zero attached hydrogens (tertiary/aromatic N) is 2. The molecule has 1 amide bonds. The number of ether oxygens (including phenoxy) is 2. The van der Waals surface area contributed by atoms with Gasteiger partial charge in [-0.2, -0.15) is 0 Å². The molecule has 126 valence electrons. The van der Waals surface area contributed by atoms with Crippen LogP contribution in [-0.2, 0) is 6.54 Å². The molecule has 24 heavy (non-hydrogen) atoms. The molecule has 2 aromatic rings. The largest absolute Gasteiger partial charge is 0.454 e. The summed E-state index contributed by atoms with van der Waals surface area (Å²) in [6, 6.07) is 7.52. The van der Waals surface area contributed by atoms with E-state index in [2.05, 4.69) is 29.0 Å². The van der Waals surface area contributed by atoms with E-state index in [0.29, 0.717) is 17.9 Å². The van der Waals surface area contributed by atoms with Crippen LogP contribution in [0, 0.1) is 0 Å². The molecular formula is C18H21N3O3. The topological polar surface area (TPSA) is 63.7 Å². The van der Waals surface area contributed by atoms with Crippen molar-refractivity contribution < 1.29 is 14.3 Å². The number of pyridine rings is 1. The summed E-state index contributed by atoms with van der Waals surface area (Å²) in [7, 11) is 0.